The maximum Gasteiger partial charge on any atom is 0.288 e. The molecule has 3 heterocycles. The van der Waals surface area contributed by atoms with Crippen molar-refractivity contribution in [3.63, 3.8) is 0 Å². The quantitative estimate of drug-likeness (QED) is 0.645. The van der Waals surface area contributed by atoms with Crippen molar-refractivity contribution in [2.75, 3.05) is 11.4 Å². The van der Waals surface area contributed by atoms with Gasteiger partial charge in [0, 0.05) is 29.9 Å². The van der Waals surface area contributed by atoms with Gasteiger partial charge in [-0.15, -0.1) is 0 Å². The molecule has 3 aromatic rings. The van der Waals surface area contributed by atoms with E-state index in [-0.39, 0.29) is 18.9 Å². The third-order valence-electron chi connectivity index (χ3n) is 4.83. The molecule has 1 saturated heterocycles. The number of benzene rings is 1. The molecule has 3 amide bonds. The summed E-state index contributed by atoms with van der Waals surface area (Å²) in [5.41, 5.74) is 7.01. The minimum atomic E-state index is -0.579. The predicted octanol–water partition coefficient (Wildman–Crippen LogP) is 2.11. The Bertz CT molecular complexity index is 1130. The van der Waals surface area contributed by atoms with E-state index in [9.17, 15) is 14.4 Å². The fourth-order valence-electron chi connectivity index (χ4n) is 3.44. The van der Waals surface area contributed by atoms with Crippen LogP contribution in [0.5, 0.6) is 0 Å². The molecule has 0 saturated carbocycles. The Kier molecular flexibility index (Phi) is 4.94. The number of hydrazine groups is 1. The van der Waals surface area contributed by atoms with Crippen molar-refractivity contribution in [2.24, 2.45) is 5.92 Å². The van der Waals surface area contributed by atoms with Gasteiger partial charge in [-0.05, 0) is 37.3 Å². The van der Waals surface area contributed by atoms with Crippen LogP contribution < -0.4 is 15.8 Å². The molecule has 29 heavy (non-hydrogen) atoms. The maximum atomic E-state index is 12.6. The third-order valence-corrected chi connectivity index (χ3v) is 5.07. The van der Waals surface area contributed by atoms with Crippen molar-refractivity contribution in [3.8, 4) is 0 Å². The van der Waals surface area contributed by atoms with E-state index in [0.717, 1.165) is 0 Å². The Hall–Kier alpha value is -3.39. The van der Waals surface area contributed by atoms with Gasteiger partial charge in [0.2, 0.25) is 11.8 Å². The number of carbonyl (C=O) groups excluding carboxylic acids is 3. The number of nitrogens with zero attached hydrogens (tertiary/aromatic N) is 3. The van der Waals surface area contributed by atoms with Gasteiger partial charge in [0.1, 0.15) is 11.3 Å². The number of hydrogen-bond acceptors (Lipinski definition) is 4. The highest BCUT2D eigenvalue weighted by atomic mass is 35.5. The Morgan fingerprint density at radius 3 is 2.79 bits per heavy atom. The van der Waals surface area contributed by atoms with Crippen molar-refractivity contribution in [3.05, 3.63) is 65.1 Å². The number of pyridine rings is 1. The van der Waals surface area contributed by atoms with E-state index in [0.29, 0.717) is 27.7 Å². The fourth-order valence-corrected chi connectivity index (χ4v) is 3.63. The van der Waals surface area contributed by atoms with E-state index in [1.807, 2.05) is 6.07 Å². The maximum absolute atomic E-state index is 12.6. The van der Waals surface area contributed by atoms with Gasteiger partial charge < -0.3 is 4.90 Å². The van der Waals surface area contributed by atoms with Crippen molar-refractivity contribution >= 4 is 40.7 Å². The van der Waals surface area contributed by atoms with E-state index >= 15 is 0 Å². The second-order valence-corrected chi connectivity index (χ2v) is 7.24. The molecule has 9 heteroatoms. The summed E-state index contributed by atoms with van der Waals surface area (Å²) in [6.45, 7) is 1.94. The molecule has 0 aliphatic carbocycles. The van der Waals surface area contributed by atoms with Crippen LogP contribution >= 0.6 is 11.6 Å². The van der Waals surface area contributed by atoms with Crippen LogP contribution in [0, 0.1) is 12.8 Å². The minimum Gasteiger partial charge on any atom is -0.312 e. The summed E-state index contributed by atoms with van der Waals surface area (Å²) < 4.78 is 1.65. The zero-order valence-electron chi connectivity index (χ0n) is 15.6. The molecule has 8 nitrogen and oxygen atoms in total. The number of halogens is 1. The molecule has 0 unspecified atom stereocenters. The third kappa shape index (κ3) is 3.66. The van der Waals surface area contributed by atoms with E-state index in [2.05, 4.69) is 15.8 Å². The first-order valence-corrected chi connectivity index (χ1v) is 9.41. The topological polar surface area (TPSA) is 95.8 Å². The Balaban J connectivity index is 1.41. The molecule has 4 rings (SSSR count). The molecule has 1 aliphatic rings. The number of hydrogen-bond donors (Lipinski definition) is 2. The largest absolute Gasteiger partial charge is 0.312 e. The highest BCUT2D eigenvalue weighted by molar-refractivity contribution is 6.31. The van der Waals surface area contributed by atoms with Crippen LogP contribution in [0.3, 0.4) is 0 Å². The van der Waals surface area contributed by atoms with Gasteiger partial charge in [-0.1, -0.05) is 23.7 Å². The van der Waals surface area contributed by atoms with E-state index < -0.39 is 17.7 Å². The van der Waals surface area contributed by atoms with Crippen LogP contribution in [0.1, 0.15) is 22.6 Å². The molecule has 1 aromatic carbocycles. The number of amides is 3. The molecule has 1 fully saturated rings. The first-order valence-electron chi connectivity index (χ1n) is 9.04. The van der Waals surface area contributed by atoms with Crippen LogP contribution in [0.2, 0.25) is 5.02 Å². The Morgan fingerprint density at radius 2 is 2.00 bits per heavy atom. The predicted molar refractivity (Wildman–Crippen MR) is 107 cm³/mol. The summed E-state index contributed by atoms with van der Waals surface area (Å²) in [6, 6.07) is 12.3. The number of imidazole rings is 1. The zero-order chi connectivity index (χ0) is 20.5. The van der Waals surface area contributed by atoms with Gasteiger partial charge in [-0.2, -0.15) is 0 Å². The summed E-state index contributed by atoms with van der Waals surface area (Å²) in [5.74, 6) is -1.66. The number of rotatable bonds is 3. The van der Waals surface area contributed by atoms with E-state index in [4.69, 9.17) is 11.6 Å². The first kappa shape index (κ1) is 18.9. The zero-order valence-corrected chi connectivity index (χ0v) is 16.3. The smallest absolute Gasteiger partial charge is 0.288 e. The molecule has 148 valence electrons. The van der Waals surface area contributed by atoms with Crippen molar-refractivity contribution in [1.82, 2.24) is 20.2 Å². The van der Waals surface area contributed by atoms with Crippen LogP contribution in [-0.2, 0) is 9.59 Å². The van der Waals surface area contributed by atoms with Crippen LogP contribution in [0.4, 0.5) is 5.69 Å². The molecular weight excluding hydrogens is 394 g/mol. The van der Waals surface area contributed by atoms with Crippen LogP contribution in [0.15, 0.2) is 48.7 Å². The molecule has 0 spiro atoms. The lowest BCUT2D eigenvalue weighted by Crippen LogP contribution is -2.45. The Labute approximate surface area is 171 Å². The number of aryl methyl sites for hydroxylation is 1. The van der Waals surface area contributed by atoms with Gasteiger partial charge in [0.25, 0.3) is 5.91 Å². The highest BCUT2D eigenvalue weighted by Crippen LogP contribution is 2.27. The van der Waals surface area contributed by atoms with Crippen molar-refractivity contribution in [1.29, 1.82) is 0 Å². The lowest BCUT2D eigenvalue weighted by Gasteiger charge is -2.17. The molecule has 0 bridgehead atoms. The molecule has 2 aromatic heterocycles. The second-order valence-electron chi connectivity index (χ2n) is 6.80. The highest BCUT2D eigenvalue weighted by Gasteiger charge is 2.35. The molecule has 1 atom stereocenters. The van der Waals surface area contributed by atoms with E-state index in [1.165, 1.54) is 4.90 Å². The lowest BCUT2D eigenvalue weighted by molar-refractivity contribution is -0.126. The summed E-state index contributed by atoms with van der Waals surface area (Å²) >= 11 is 5.99. The van der Waals surface area contributed by atoms with Gasteiger partial charge in [-0.3, -0.25) is 29.6 Å². The van der Waals surface area contributed by atoms with Crippen LogP contribution in [-0.4, -0.2) is 33.7 Å². The number of aromatic nitrogens is 2. The average molecular weight is 412 g/mol. The summed E-state index contributed by atoms with van der Waals surface area (Å²) in [6.07, 6.45) is 1.79. The molecule has 0 radical (unpaired) electrons. The molecule has 1 aliphatic heterocycles. The first-order chi connectivity index (χ1) is 13.9. The van der Waals surface area contributed by atoms with Gasteiger partial charge in [-0.25, -0.2) is 4.98 Å². The monoisotopic (exact) mass is 411 g/mol. The number of carbonyl (C=O) groups is 3. The van der Waals surface area contributed by atoms with Gasteiger partial charge in [0.05, 0.1) is 11.6 Å². The normalized spacial score (nSPS) is 16.3. The number of nitrogens with one attached hydrogen (secondary N) is 2. The lowest BCUT2D eigenvalue weighted by atomic mass is 10.1. The summed E-state index contributed by atoms with van der Waals surface area (Å²) in [5, 5.41) is 0.513. The second kappa shape index (κ2) is 7.56. The minimum absolute atomic E-state index is 0.0584. The summed E-state index contributed by atoms with van der Waals surface area (Å²) in [7, 11) is 0. The number of anilines is 1. The Morgan fingerprint density at radius 1 is 1.17 bits per heavy atom. The van der Waals surface area contributed by atoms with Crippen LogP contribution in [0.25, 0.3) is 5.65 Å². The molecule has 2 N–H and O–H groups in total. The number of fused-ring (bicyclic) bond motifs is 1. The van der Waals surface area contributed by atoms with Gasteiger partial charge in [0.15, 0.2) is 0 Å². The molecular formula is C20H18ClN5O3. The van der Waals surface area contributed by atoms with Gasteiger partial charge >= 0.3 is 0 Å². The van der Waals surface area contributed by atoms with E-state index in [1.54, 1.807) is 53.9 Å². The summed E-state index contributed by atoms with van der Waals surface area (Å²) in [4.78, 5) is 43.2. The standard InChI is InChI=1S/C20H18ClN5O3/c1-12-18(25-8-3-2-7-16(25)22-12)20(29)24-23-19(28)13-9-17(27)26(11-13)15-6-4-5-14(21)10-15/h2-8,10,13H,9,11H2,1H3,(H,23,28)(H,24,29)/t13-/m1/s1. The van der Waals surface area contributed by atoms with Crippen molar-refractivity contribution in [2.45, 2.75) is 13.3 Å². The average Bonchev–Trinajstić information content (AvgIpc) is 3.25. The SMILES string of the molecule is Cc1nc2ccccn2c1C(=O)NNC(=O)[C@@H]1CC(=O)N(c2cccc(Cl)c2)C1. The van der Waals surface area contributed by atoms with Crippen molar-refractivity contribution < 1.29 is 14.4 Å². The fraction of sp³-hybridized carbons (Fsp3) is 0.200.